The fourth-order valence-corrected chi connectivity index (χ4v) is 11.1. The number of alkyl halides is 5. The van der Waals surface area contributed by atoms with Crippen molar-refractivity contribution in [2.45, 2.75) is 159 Å². The van der Waals surface area contributed by atoms with E-state index in [0.717, 1.165) is 21.1 Å². The second kappa shape index (κ2) is 20.8. The maximum absolute atomic E-state index is 15.1. The van der Waals surface area contributed by atoms with E-state index in [-0.39, 0.29) is 62.4 Å². The van der Waals surface area contributed by atoms with E-state index in [9.17, 15) is 46.7 Å². The Morgan fingerprint density at radius 2 is 1.63 bits per heavy atom. The minimum Gasteiger partial charge on any atom is -0.354 e. The molecule has 3 saturated heterocycles. The Morgan fingerprint density at radius 3 is 2.24 bits per heavy atom. The summed E-state index contributed by atoms with van der Waals surface area (Å²) in [6.45, 7) is 4.14. The van der Waals surface area contributed by atoms with Gasteiger partial charge in [0.25, 0.3) is 0 Å². The molecule has 6 rings (SSSR count). The Labute approximate surface area is 397 Å². The highest BCUT2D eigenvalue weighted by molar-refractivity contribution is 6.33. The van der Waals surface area contributed by atoms with Crippen LogP contribution in [0.1, 0.15) is 103 Å². The Balaban J connectivity index is 1.24. The summed E-state index contributed by atoms with van der Waals surface area (Å²) < 4.78 is 73.9. The van der Waals surface area contributed by atoms with Gasteiger partial charge >= 0.3 is 6.18 Å². The number of amides is 7. The molecule has 5 fully saturated rings. The SMILES string of the molecule is CC[C@H](NC(=O)[C@@H]1C[C@@H](F)CN1C(=O)C1(C(F)(F)F)CC2(CCC2)C1)C(=O)N(C)[C@H]1CCCCNC(=O)[C@H]2C[C@@H](F)CN2C(=O)[C@H](Cc2cc(Cl)ccc2Cl)N(C)C(=O)[C@H](CC(C)C)NC1=O. The summed E-state index contributed by atoms with van der Waals surface area (Å²) in [6, 6.07) is -3.46. The van der Waals surface area contributed by atoms with Crippen LogP contribution in [0.25, 0.3) is 0 Å². The van der Waals surface area contributed by atoms with E-state index in [4.69, 9.17) is 23.2 Å². The molecule has 2 saturated carbocycles. The standard InChI is InChI=1S/C46H62Cl2F5N7O7/c1-6-31(55-39(63)35-20-29(50)22-60(35)43(67)45(46(51,52)53)23-44(24-45)13-9-14-44)40(64)57(4)33-10-7-8-15-54-37(61)34-19-28(49)21-59(34)42(66)36(18-26-17-27(47)11-12-30(26)48)58(5)41(65)32(16-25(2)3)56-38(33)62/h11-12,17,25,28-29,31-36H,6-10,13-16,18-24H2,1-5H3,(H,54,61)(H,55,63)(H,56,62)/t28-,29-,31+,32+,33+,34-,35+,36+/m1/s1. The number of nitrogens with one attached hydrogen (secondary N) is 3. The molecule has 1 aromatic carbocycles. The van der Waals surface area contributed by atoms with Crippen molar-refractivity contribution in [2.75, 3.05) is 33.7 Å². The van der Waals surface area contributed by atoms with E-state index in [1.54, 1.807) is 13.0 Å². The summed E-state index contributed by atoms with van der Waals surface area (Å²) in [5, 5.41) is 8.61. The first-order chi connectivity index (χ1) is 31.4. The average Bonchev–Trinajstić information content (AvgIpc) is 3.83. The number of benzene rings is 1. The zero-order chi connectivity index (χ0) is 49.3. The molecule has 7 amide bonds. The van der Waals surface area contributed by atoms with Gasteiger partial charge < -0.3 is 35.6 Å². The lowest BCUT2D eigenvalue weighted by molar-refractivity contribution is -0.285. The van der Waals surface area contributed by atoms with E-state index in [1.807, 2.05) is 13.8 Å². The van der Waals surface area contributed by atoms with Crippen LogP contribution in [0.4, 0.5) is 22.0 Å². The first kappa shape index (κ1) is 52.1. The van der Waals surface area contributed by atoms with Gasteiger partial charge in [0.2, 0.25) is 41.4 Å². The summed E-state index contributed by atoms with van der Waals surface area (Å²) >= 11 is 12.8. The van der Waals surface area contributed by atoms with Crippen LogP contribution < -0.4 is 16.0 Å². The molecule has 2 aliphatic carbocycles. The molecule has 67 heavy (non-hydrogen) atoms. The van der Waals surface area contributed by atoms with Crippen LogP contribution in [0.15, 0.2) is 18.2 Å². The Kier molecular flexibility index (Phi) is 16.2. The molecule has 3 heterocycles. The van der Waals surface area contributed by atoms with Gasteiger partial charge in [-0.2, -0.15) is 13.2 Å². The molecule has 372 valence electrons. The Morgan fingerprint density at radius 1 is 0.955 bits per heavy atom. The number of hydrogen-bond donors (Lipinski definition) is 3. The maximum atomic E-state index is 15.1. The smallest absolute Gasteiger partial charge is 0.354 e. The number of fused-ring (bicyclic) bond motifs is 1. The van der Waals surface area contributed by atoms with Gasteiger partial charge in [-0.05, 0) is 92.9 Å². The van der Waals surface area contributed by atoms with Crippen LogP contribution in [0.2, 0.25) is 10.0 Å². The van der Waals surface area contributed by atoms with Crippen LogP contribution in [0.3, 0.4) is 0 Å². The van der Waals surface area contributed by atoms with Gasteiger partial charge in [-0.15, -0.1) is 0 Å². The summed E-state index contributed by atoms with van der Waals surface area (Å²) in [6.07, 6.45) is -7.68. The van der Waals surface area contributed by atoms with Crippen molar-refractivity contribution >= 4 is 64.6 Å². The molecule has 0 unspecified atom stereocenters. The molecule has 0 bridgehead atoms. The monoisotopic (exact) mass is 989 g/mol. The zero-order valence-electron chi connectivity index (χ0n) is 38.5. The van der Waals surface area contributed by atoms with E-state index in [0.29, 0.717) is 28.3 Å². The number of nitrogens with zero attached hydrogens (tertiary/aromatic N) is 4. The number of likely N-dealkylation sites (tertiary alicyclic amines) is 1. The van der Waals surface area contributed by atoms with Crippen molar-refractivity contribution < 1.29 is 55.5 Å². The first-order valence-electron chi connectivity index (χ1n) is 23.2. The highest BCUT2D eigenvalue weighted by Gasteiger charge is 2.73. The summed E-state index contributed by atoms with van der Waals surface area (Å²) in [5.41, 5.74) is -2.92. The van der Waals surface area contributed by atoms with Crippen LogP contribution in [-0.2, 0) is 40.0 Å². The van der Waals surface area contributed by atoms with E-state index >= 15 is 8.78 Å². The van der Waals surface area contributed by atoms with Gasteiger partial charge in [0.1, 0.15) is 54.0 Å². The number of carbonyl (C=O) groups excluding carboxylic acids is 7. The number of carbonyl (C=O) groups is 7. The van der Waals surface area contributed by atoms with Crippen molar-refractivity contribution in [1.82, 2.24) is 35.6 Å². The van der Waals surface area contributed by atoms with Gasteiger partial charge in [-0.25, -0.2) is 8.78 Å². The van der Waals surface area contributed by atoms with Crippen molar-refractivity contribution in [1.29, 1.82) is 0 Å². The average molecular weight is 991 g/mol. The maximum Gasteiger partial charge on any atom is 0.403 e. The summed E-state index contributed by atoms with van der Waals surface area (Å²) in [5.74, 6) is -6.11. The minimum absolute atomic E-state index is 0.00130. The molecule has 0 radical (unpaired) electrons. The number of hydrogen-bond acceptors (Lipinski definition) is 7. The lowest BCUT2D eigenvalue weighted by Crippen LogP contribution is -2.66. The van der Waals surface area contributed by atoms with Gasteiger partial charge in [0, 0.05) is 49.9 Å². The molecule has 3 aliphatic heterocycles. The van der Waals surface area contributed by atoms with E-state index in [1.165, 1.54) is 26.2 Å². The second-order valence-corrected chi connectivity index (χ2v) is 20.6. The highest BCUT2D eigenvalue weighted by atomic mass is 35.5. The van der Waals surface area contributed by atoms with Crippen LogP contribution >= 0.6 is 23.2 Å². The third-order valence-electron chi connectivity index (χ3n) is 14.6. The topological polar surface area (TPSA) is 169 Å². The van der Waals surface area contributed by atoms with Crippen LogP contribution in [-0.4, -0.2) is 149 Å². The van der Waals surface area contributed by atoms with Crippen molar-refractivity contribution in [2.24, 2.45) is 16.7 Å². The highest BCUT2D eigenvalue weighted by Crippen LogP contribution is 2.69. The molecule has 8 atom stereocenters. The largest absolute Gasteiger partial charge is 0.403 e. The van der Waals surface area contributed by atoms with Crippen molar-refractivity contribution in [3.63, 3.8) is 0 Å². The number of rotatable bonds is 10. The van der Waals surface area contributed by atoms with Crippen LogP contribution in [0.5, 0.6) is 0 Å². The predicted octanol–water partition coefficient (Wildman–Crippen LogP) is 5.31. The molecular weight excluding hydrogens is 928 g/mol. The summed E-state index contributed by atoms with van der Waals surface area (Å²) in [4.78, 5) is 103. The van der Waals surface area contributed by atoms with Crippen molar-refractivity contribution in [3.8, 4) is 0 Å². The normalized spacial score (nSPS) is 28.6. The molecular formula is C46H62Cl2F5N7O7. The Bertz CT molecular complexity index is 2070. The zero-order valence-corrected chi connectivity index (χ0v) is 40.0. The summed E-state index contributed by atoms with van der Waals surface area (Å²) in [7, 11) is 2.68. The van der Waals surface area contributed by atoms with E-state index in [2.05, 4.69) is 16.0 Å². The fourth-order valence-electron chi connectivity index (χ4n) is 10.7. The third-order valence-corrected chi connectivity index (χ3v) is 15.2. The Hall–Kier alpha value is -4.26. The van der Waals surface area contributed by atoms with Gasteiger partial charge in [-0.3, -0.25) is 33.6 Å². The lowest BCUT2D eigenvalue weighted by atomic mass is 9.44. The molecule has 21 heteroatoms. The number of halogens is 7. The molecule has 1 spiro atoms. The molecule has 0 aromatic heterocycles. The van der Waals surface area contributed by atoms with Gasteiger partial charge in [0.15, 0.2) is 0 Å². The predicted molar refractivity (Wildman–Crippen MR) is 238 cm³/mol. The van der Waals surface area contributed by atoms with Gasteiger partial charge in [-0.1, -0.05) is 50.4 Å². The second-order valence-electron chi connectivity index (χ2n) is 19.7. The quantitative estimate of drug-likeness (QED) is 0.267. The fraction of sp³-hybridized carbons (Fsp3) is 0.717. The van der Waals surface area contributed by atoms with Crippen molar-refractivity contribution in [3.05, 3.63) is 33.8 Å². The lowest BCUT2D eigenvalue weighted by Gasteiger charge is -2.60. The van der Waals surface area contributed by atoms with Crippen LogP contribution in [0, 0.1) is 16.7 Å². The van der Waals surface area contributed by atoms with E-state index < -0.39 is 139 Å². The number of likely N-dealkylation sites (N-methyl/N-ethyl adjacent to an activating group) is 2. The third kappa shape index (κ3) is 11.0. The molecule has 3 N–H and O–H groups in total. The van der Waals surface area contributed by atoms with Gasteiger partial charge in [0.05, 0.1) is 13.1 Å². The first-order valence-corrected chi connectivity index (χ1v) is 24.0. The molecule has 1 aromatic rings. The molecule has 14 nitrogen and oxygen atoms in total. The minimum atomic E-state index is -4.92. The molecule has 5 aliphatic rings.